The maximum absolute atomic E-state index is 14.0. The summed E-state index contributed by atoms with van der Waals surface area (Å²) in [6.07, 6.45) is 4.02. The number of benzene rings is 2. The van der Waals surface area contributed by atoms with Crippen LogP contribution >= 0.6 is 0 Å². The number of fused-ring (bicyclic) bond motifs is 1. The maximum atomic E-state index is 14.0. The quantitative estimate of drug-likeness (QED) is 0.226. The van der Waals surface area contributed by atoms with Gasteiger partial charge in [-0.2, -0.15) is 0 Å². The van der Waals surface area contributed by atoms with Gasteiger partial charge in [0.15, 0.2) is 0 Å². The smallest absolute Gasteiger partial charge is 0.405 e. The van der Waals surface area contributed by atoms with Crippen LogP contribution in [0.15, 0.2) is 71.9 Å². The van der Waals surface area contributed by atoms with Gasteiger partial charge in [-0.05, 0) is 48.7 Å². The molecule has 0 radical (unpaired) electrons. The third-order valence-electron chi connectivity index (χ3n) is 6.45. The van der Waals surface area contributed by atoms with E-state index in [-0.39, 0.29) is 37.5 Å². The lowest BCUT2D eigenvalue weighted by Gasteiger charge is -2.16. The Labute approximate surface area is 244 Å². The number of likely N-dealkylation sites (N-methyl/N-ethyl adjacent to an activating group) is 1. The van der Waals surface area contributed by atoms with Crippen LogP contribution < -0.4 is 16.2 Å². The summed E-state index contributed by atoms with van der Waals surface area (Å²) in [6, 6.07) is 8.74. The lowest BCUT2D eigenvalue weighted by molar-refractivity contribution is -0.123. The Morgan fingerprint density at radius 1 is 1.07 bits per heavy atom. The highest BCUT2D eigenvalue weighted by atomic mass is 19.1. The first-order chi connectivity index (χ1) is 20.5. The maximum Gasteiger partial charge on any atom is 0.405 e. The van der Waals surface area contributed by atoms with E-state index in [1.807, 2.05) is 0 Å². The molecule has 3 N–H and O–H groups in total. The lowest BCUT2D eigenvalue weighted by atomic mass is 10.1. The summed E-state index contributed by atoms with van der Waals surface area (Å²) in [5.41, 5.74) is 0.855. The number of hydrogen-bond acceptors (Lipinski definition) is 6. The Morgan fingerprint density at radius 2 is 1.79 bits per heavy atom. The van der Waals surface area contributed by atoms with Crippen molar-refractivity contribution in [2.45, 2.75) is 32.0 Å². The molecule has 1 atom stereocenters. The zero-order chi connectivity index (χ0) is 31.1. The van der Waals surface area contributed by atoms with Crippen LogP contribution in [0.25, 0.3) is 11.0 Å². The van der Waals surface area contributed by atoms with Crippen molar-refractivity contribution >= 4 is 34.6 Å². The van der Waals surface area contributed by atoms with Crippen LogP contribution in [0, 0.1) is 11.6 Å². The van der Waals surface area contributed by atoms with Gasteiger partial charge in [-0.3, -0.25) is 19.0 Å². The molecule has 4 rings (SSSR count). The van der Waals surface area contributed by atoms with E-state index in [9.17, 15) is 33.1 Å². The second-order valence-electron chi connectivity index (χ2n) is 9.82. The number of hydrogen-bond donors (Lipinski definition) is 3. The molecule has 3 amide bonds. The van der Waals surface area contributed by atoms with E-state index in [2.05, 4.69) is 20.6 Å². The van der Waals surface area contributed by atoms with Crippen LogP contribution in [-0.2, 0) is 22.7 Å². The Hall–Kier alpha value is -5.40. The third kappa shape index (κ3) is 7.87. The first kappa shape index (κ1) is 30.6. The molecule has 2 aromatic heterocycles. The molecule has 0 saturated carbocycles. The predicted molar refractivity (Wildman–Crippen MR) is 153 cm³/mol. The van der Waals surface area contributed by atoms with Gasteiger partial charge in [-0.15, -0.1) is 0 Å². The lowest BCUT2D eigenvalue weighted by Crippen LogP contribution is -2.44. The molecule has 4 aromatic rings. The number of carboxylic acid groups (broad SMARTS) is 1. The normalized spacial score (nSPS) is 11.9. The van der Waals surface area contributed by atoms with Gasteiger partial charge in [0.2, 0.25) is 11.8 Å². The molecule has 2 heterocycles. The fraction of sp³-hybridized carbons (Fsp3) is 0.241. The standard InChI is InChI=1S/C29H29F2N7O5/c1-36(2)26(39)6-4-3-5-21(35-29(42)43)27(40)34-23-14-32-17-37(28(23)41)16-25-33-22-13-20(31)11-12-24(22)38(25)15-18-7-9-19(30)10-8-18/h4,6-14,17,21,35H,3,5,15-16H2,1-2H3,(H,34,40)(H,42,43)/b6-4+. The number of nitrogens with zero attached hydrogens (tertiary/aromatic N) is 5. The summed E-state index contributed by atoms with van der Waals surface area (Å²) in [5.74, 6) is -1.56. The minimum atomic E-state index is -1.44. The van der Waals surface area contributed by atoms with Gasteiger partial charge < -0.3 is 25.2 Å². The molecule has 0 saturated heterocycles. The van der Waals surface area contributed by atoms with E-state index in [0.717, 1.165) is 11.8 Å². The highest BCUT2D eigenvalue weighted by Gasteiger charge is 2.22. The fourth-order valence-electron chi connectivity index (χ4n) is 4.26. The van der Waals surface area contributed by atoms with Crippen molar-refractivity contribution in [2.24, 2.45) is 0 Å². The molecule has 2 aromatic carbocycles. The third-order valence-corrected chi connectivity index (χ3v) is 6.45. The Kier molecular flexibility index (Phi) is 9.60. The molecule has 0 fully saturated rings. The number of allylic oxidation sites excluding steroid dienone is 1. The van der Waals surface area contributed by atoms with Gasteiger partial charge in [0.05, 0.1) is 30.1 Å². The molecule has 0 aliphatic carbocycles. The molecule has 0 aliphatic rings. The van der Waals surface area contributed by atoms with E-state index >= 15 is 0 Å². The van der Waals surface area contributed by atoms with E-state index in [1.165, 1.54) is 52.2 Å². The summed E-state index contributed by atoms with van der Waals surface area (Å²) in [7, 11) is 3.16. The summed E-state index contributed by atoms with van der Waals surface area (Å²) in [6.45, 7) is 0.155. The topological polar surface area (TPSA) is 151 Å². The van der Waals surface area contributed by atoms with Crippen molar-refractivity contribution < 1.29 is 28.3 Å². The van der Waals surface area contributed by atoms with Crippen molar-refractivity contribution in [1.82, 2.24) is 29.3 Å². The average Bonchev–Trinajstić information content (AvgIpc) is 3.28. The summed E-state index contributed by atoms with van der Waals surface area (Å²) in [5, 5.41) is 13.8. The molecule has 0 bridgehead atoms. The first-order valence-corrected chi connectivity index (χ1v) is 13.1. The van der Waals surface area contributed by atoms with Gasteiger partial charge in [-0.25, -0.2) is 23.5 Å². The van der Waals surface area contributed by atoms with Crippen molar-refractivity contribution in [2.75, 3.05) is 19.4 Å². The van der Waals surface area contributed by atoms with Gasteiger partial charge in [0.25, 0.3) is 5.56 Å². The van der Waals surface area contributed by atoms with Crippen LogP contribution in [0.1, 0.15) is 24.2 Å². The zero-order valence-corrected chi connectivity index (χ0v) is 23.3. The van der Waals surface area contributed by atoms with Gasteiger partial charge in [-0.1, -0.05) is 18.2 Å². The van der Waals surface area contributed by atoms with Crippen LogP contribution in [0.3, 0.4) is 0 Å². The largest absolute Gasteiger partial charge is 0.465 e. The number of halogens is 2. The Balaban J connectivity index is 1.56. The molecule has 0 aliphatic heterocycles. The van der Waals surface area contributed by atoms with Crippen molar-refractivity contribution in [3.8, 4) is 0 Å². The predicted octanol–water partition coefficient (Wildman–Crippen LogP) is 2.97. The average molecular weight is 594 g/mol. The van der Waals surface area contributed by atoms with Crippen LogP contribution in [0.2, 0.25) is 0 Å². The van der Waals surface area contributed by atoms with Crippen molar-refractivity contribution in [3.05, 3.63) is 101 Å². The van der Waals surface area contributed by atoms with Gasteiger partial charge in [0.1, 0.15) is 29.2 Å². The number of imidazole rings is 1. The number of carbonyl (C=O) groups is 3. The van der Waals surface area contributed by atoms with E-state index in [4.69, 9.17) is 0 Å². The fourth-order valence-corrected chi connectivity index (χ4v) is 4.26. The highest BCUT2D eigenvalue weighted by Crippen LogP contribution is 2.20. The number of anilines is 1. The molecular weight excluding hydrogens is 564 g/mol. The van der Waals surface area contributed by atoms with E-state index in [1.54, 1.807) is 36.9 Å². The number of rotatable bonds is 11. The van der Waals surface area contributed by atoms with Crippen molar-refractivity contribution in [1.29, 1.82) is 0 Å². The number of amides is 3. The van der Waals surface area contributed by atoms with E-state index in [0.29, 0.717) is 16.9 Å². The zero-order valence-electron chi connectivity index (χ0n) is 23.3. The molecule has 224 valence electrons. The van der Waals surface area contributed by atoms with Crippen molar-refractivity contribution in [3.63, 3.8) is 0 Å². The number of aromatic nitrogens is 4. The second kappa shape index (κ2) is 13.5. The molecule has 0 spiro atoms. The Morgan fingerprint density at radius 3 is 2.49 bits per heavy atom. The number of nitrogens with one attached hydrogen (secondary N) is 2. The summed E-state index contributed by atoms with van der Waals surface area (Å²) < 4.78 is 30.4. The monoisotopic (exact) mass is 593 g/mol. The minimum absolute atomic E-state index is 0.0216. The molecular formula is C29H29F2N7O5. The minimum Gasteiger partial charge on any atom is -0.465 e. The summed E-state index contributed by atoms with van der Waals surface area (Å²) >= 11 is 0. The molecule has 43 heavy (non-hydrogen) atoms. The SMILES string of the molecule is CN(C)C(=O)/C=C/CCC(NC(=O)O)C(=O)Nc1cncn(Cc2nc3cc(F)ccc3n2Cc2ccc(F)cc2)c1=O. The summed E-state index contributed by atoms with van der Waals surface area (Å²) in [4.78, 5) is 59.2. The molecule has 12 nitrogen and oxygen atoms in total. The first-order valence-electron chi connectivity index (χ1n) is 13.1. The second-order valence-corrected chi connectivity index (χ2v) is 9.82. The van der Waals surface area contributed by atoms with Gasteiger partial charge in [0, 0.05) is 26.7 Å². The Bertz CT molecular complexity index is 1730. The number of carbonyl (C=O) groups excluding carboxylic acids is 2. The van der Waals surface area contributed by atoms with Crippen LogP contribution in [0.5, 0.6) is 0 Å². The van der Waals surface area contributed by atoms with Crippen LogP contribution in [0.4, 0.5) is 19.3 Å². The van der Waals surface area contributed by atoms with Crippen LogP contribution in [-0.4, -0.2) is 67.2 Å². The molecule has 1 unspecified atom stereocenters. The highest BCUT2D eigenvalue weighted by molar-refractivity contribution is 5.96. The molecule has 14 heteroatoms. The van der Waals surface area contributed by atoms with Gasteiger partial charge >= 0.3 is 6.09 Å². The van der Waals surface area contributed by atoms with E-state index < -0.39 is 35.2 Å².